The van der Waals surface area contributed by atoms with Crippen LogP contribution in [-0.2, 0) is 9.47 Å². The van der Waals surface area contributed by atoms with Crippen LogP contribution in [-0.4, -0.2) is 26.4 Å². The van der Waals surface area contributed by atoms with Gasteiger partial charge in [0.25, 0.3) is 0 Å². The Labute approximate surface area is 163 Å². The van der Waals surface area contributed by atoms with E-state index in [1.54, 1.807) is 0 Å². The minimum atomic E-state index is 0.715. The molecule has 152 valence electrons. The monoisotopic (exact) mass is 364 g/mol. The zero-order chi connectivity index (χ0) is 18.5. The van der Waals surface area contributed by atoms with Crippen LogP contribution < -0.4 is 0 Å². The summed E-state index contributed by atoms with van der Waals surface area (Å²) in [6.45, 7) is 9.64. The van der Waals surface area contributed by atoms with Crippen LogP contribution in [0.5, 0.6) is 0 Å². The molecule has 2 saturated carbocycles. The third kappa shape index (κ3) is 9.04. The maximum atomic E-state index is 5.90. The minimum Gasteiger partial charge on any atom is -0.381 e. The lowest BCUT2D eigenvalue weighted by Gasteiger charge is -2.32. The van der Waals surface area contributed by atoms with Crippen molar-refractivity contribution in [1.82, 2.24) is 0 Å². The predicted molar refractivity (Wildman–Crippen MR) is 111 cm³/mol. The highest BCUT2D eigenvalue weighted by atomic mass is 16.5. The van der Waals surface area contributed by atoms with Gasteiger partial charge in [-0.2, -0.15) is 0 Å². The highest BCUT2D eigenvalue weighted by Crippen LogP contribution is 2.36. The molecular formula is C24H44O2. The second kappa shape index (κ2) is 13.8. The van der Waals surface area contributed by atoms with Gasteiger partial charge >= 0.3 is 0 Å². The molecule has 0 aromatic rings. The Balaban J connectivity index is 1.47. The van der Waals surface area contributed by atoms with Gasteiger partial charge in [0.2, 0.25) is 0 Å². The molecule has 0 N–H and O–H groups in total. The zero-order valence-electron chi connectivity index (χ0n) is 17.4. The van der Waals surface area contributed by atoms with Gasteiger partial charge in [-0.25, -0.2) is 0 Å². The molecule has 0 radical (unpaired) electrons. The van der Waals surface area contributed by atoms with E-state index in [4.69, 9.17) is 9.47 Å². The quantitative estimate of drug-likeness (QED) is 0.264. The highest BCUT2D eigenvalue weighted by molar-refractivity contribution is 4.77. The van der Waals surface area contributed by atoms with Gasteiger partial charge in [0, 0.05) is 19.8 Å². The van der Waals surface area contributed by atoms with Crippen molar-refractivity contribution in [1.29, 1.82) is 0 Å². The summed E-state index contributed by atoms with van der Waals surface area (Å²) in [7, 11) is 0. The molecule has 26 heavy (non-hydrogen) atoms. The molecule has 0 unspecified atom stereocenters. The van der Waals surface area contributed by atoms with Crippen LogP contribution in [0.15, 0.2) is 12.7 Å². The summed E-state index contributed by atoms with van der Waals surface area (Å²) in [6, 6.07) is 0. The summed E-state index contributed by atoms with van der Waals surface area (Å²) in [5, 5.41) is 0. The number of ether oxygens (including phenoxy) is 2. The summed E-state index contributed by atoms with van der Waals surface area (Å²) < 4.78 is 11.5. The molecule has 0 amide bonds. The van der Waals surface area contributed by atoms with Crippen LogP contribution in [0, 0.1) is 23.7 Å². The van der Waals surface area contributed by atoms with Gasteiger partial charge in [-0.1, -0.05) is 64.4 Å². The molecule has 0 atom stereocenters. The third-order valence-corrected chi connectivity index (χ3v) is 6.75. The Kier molecular flexibility index (Phi) is 11.6. The average molecular weight is 365 g/mol. The van der Waals surface area contributed by atoms with Crippen molar-refractivity contribution in [2.45, 2.75) is 90.4 Å². The molecule has 2 nitrogen and oxygen atoms in total. The molecule has 2 rings (SSSR count). The Bertz CT molecular complexity index is 338. The van der Waals surface area contributed by atoms with E-state index in [1.165, 1.54) is 83.5 Å². The summed E-state index contributed by atoms with van der Waals surface area (Å²) in [5.41, 5.74) is 0. The van der Waals surface area contributed by atoms with Crippen molar-refractivity contribution in [3.8, 4) is 0 Å². The Morgan fingerprint density at radius 1 is 0.731 bits per heavy atom. The highest BCUT2D eigenvalue weighted by Gasteiger charge is 2.24. The lowest BCUT2D eigenvalue weighted by atomic mass is 9.76. The van der Waals surface area contributed by atoms with Crippen molar-refractivity contribution >= 4 is 0 Å². The molecule has 0 aromatic carbocycles. The van der Waals surface area contributed by atoms with Crippen LogP contribution in [0.25, 0.3) is 0 Å². The van der Waals surface area contributed by atoms with Gasteiger partial charge < -0.3 is 9.47 Å². The molecule has 2 aliphatic carbocycles. The number of hydrogen-bond acceptors (Lipinski definition) is 2. The molecule has 0 saturated heterocycles. The minimum absolute atomic E-state index is 0.715. The number of unbranched alkanes of at least 4 members (excludes halogenated alkanes) is 2. The fraction of sp³-hybridized carbons (Fsp3) is 0.917. The van der Waals surface area contributed by atoms with E-state index in [9.17, 15) is 0 Å². The topological polar surface area (TPSA) is 18.5 Å². The third-order valence-electron chi connectivity index (χ3n) is 6.75. The van der Waals surface area contributed by atoms with Crippen LogP contribution in [0.4, 0.5) is 0 Å². The van der Waals surface area contributed by atoms with E-state index < -0.39 is 0 Å². The fourth-order valence-electron chi connectivity index (χ4n) is 4.87. The number of rotatable bonds is 13. The molecule has 0 heterocycles. The smallest absolute Gasteiger partial charge is 0.0644 e. The zero-order valence-corrected chi connectivity index (χ0v) is 17.4. The predicted octanol–water partition coefficient (Wildman–Crippen LogP) is 6.79. The fourth-order valence-corrected chi connectivity index (χ4v) is 4.87. The molecule has 0 bridgehead atoms. The molecule has 0 aliphatic heterocycles. The summed E-state index contributed by atoms with van der Waals surface area (Å²) in [4.78, 5) is 0. The first kappa shape index (κ1) is 22.0. The van der Waals surface area contributed by atoms with Crippen molar-refractivity contribution in [2.24, 2.45) is 23.7 Å². The first-order valence-electron chi connectivity index (χ1n) is 11.6. The molecular weight excluding hydrogens is 320 g/mol. The lowest BCUT2D eigenvalue weighted by molar-refractivity contribution is 0.0726. The first-order valence-corrected chi connectivity index (χ1v) is 11.6. The maximum absolute atomic E-state index is 5.90. The Morgan fingerprint density at radius 2 is 1.23 bits per heavy atom. The normalized spacial score (nSPS) is 29.6. The van der Waals surface area contributed by atoms with E-state index >= 15 is 0 Å². The van der Waals surface area contributed by atoms with E-state index in [-0.39, 0.29) is 0 Å². The first-order chi connectivity index (χ1) is 12.8. The van der Waals surface area contributed by atoms with Crippen molar-refractivity contribution < 1.29 is 9.47 Å². The molecule has 2 heteroatoms. The van der Waals surface area contributed by atoms with Crippen LogP contribution in [0.3, 0.4) is 0 Å². The average Bonchev–Trinajstić information content (AvgIpc) is 2.68. The maximum Gasteiger partial charge on any atom is 0.0644 e. The summed E-state index contributed by atoms with van der Waals surface area (Å²) in [5.74, 6) is 3.64. The Hall–Kier alpha value is -0.340. The van der Waals surface area contributed by atoms with Crippen LogP contribution in [0.1, 0.15) is 90.4 Å². The Morgan fingerprint density at radius 3 is 1.73 bits per heavy atom. The van der Waals surface area contributed by atoms with Gasteiger partial charge in [0.15, 0.2) is 0 Å². The van der Waals surface area contributed by atoms with Gasteiger partial charge in [0.05, 0.1) is 6.61 Å². The standard InChI is InChI=1S/C24H44O2/c1-3-5-6-18-26-20-24-15-11-22(12-16-24)8-7-21-9-13-23(14-10-21)19-25-17-4-2/h4,21-24H,2-3,5-20H2,1H3/t21?,22-,23?,24-. The molecule has 2 aliphatic rings. The molecule has 2 fully saturated rings. The van der Waals surface area contributed by atoms with E-state index in [2.05, 4.69) is 13.5 Å². The second-order valence-corrected chi connectivity index (χ2v) is 8.96. The van der Waals surface area contributed by atoms with Gasteiger partial charge in [-0.05, 0) is 55.8 Å². The second-order valence-electron chi connectivity index (χ2n) is 8.96. The van der Waals surface area contributed by atoms with Crippen LogP contribution >= 0.6 is 0 Å². The van der Waals surface area contributed by atoms with Gasteiger partial charge in [-0.3, -0.25) is 0 Å². The summed E-state index contributed by atoms with van der Waals surface area (Å²) in [6.07, 6.45) is 20.0. The van der Waals surface area contributed by atoms with Crippen molar-refractivity contribution in [3.63, 3.8) is 0 Å². The molecule has 0 spiro atoms. The van der Waals surface area contributed by atoms with E-state index in [1.807, 2.05) is 6.08 Å². The SMILES string of the molecule is C=CCOCC1CCC(CC[C@H]2CC[C@H](COCCCCC)CC2)CC1. The van der Waals surface area contributed by atoms with Gasteiger partial charge in [-0.15, -0.1) is 6.58 Å². The van der Waals surface area contributed by atoms with E-state index in [0.717, 1.165) is 43.5 Å². The van der Waals surface area contributed by atoms with Crippen molar-refractivity contribution in [3.05, 3.63) is 12.7 Å². The molecule has 0 aromatic heterocycles. The largest absolute Gasteiger partial charge is 0.381 e. The number of hydrogen-bond donors (Lipinski definition) is 0. The van der Waals surface area contributed by atoms with Gasteiger partial charge in [0.1, 0.15) is 0 Å². The van der Waals surface area contributed by atoms with Crippen molar-refractivity contribution in [2.75, 3.05) is 26.4 Å². The van der Waals surface area contributed by atoms with Crippen LogP contribution in [0.2, 0.25) is 0 Å². The van der Waals surface area contributed by atoms with E-state index in [0.29, 0.717) is 6.61 Å². The lowest BCUT2D eigenvalue weighted by Crippen LogP contribution is -2.21. The summed E-state index contributed by atoms with van der Waals surface area (Å²) >= 11 is 0.